The molecule has 2 nitrogen and oxygen atoms in total. The summed E-state index contributed by atoms with van der Waals surface area (Å²) in [7, 11) is 0. The third-order valence-electron chi connectivity index (χ3n) is 3.13. The Kier molecular flexibility index (Phi) is 14.6. The van der Waals surface area contributed by atoms with Gasteiger partial charge in [0.25, 0.3) is 0 Å². The second-order valence-corrected chi connectivity index (χ2v) is 5.14. The first-order valence-electron chi connectivity index (χ1n) is 8.11. The van der Waals surface area contributed by atoms with Gasteiger partial charge in [0.05, 0.1) is 6.61 Å². The number of rotatable bonds is 13. The van der Waals surface area contributed by atoms with Crippen molar-refractivity contribution in [1.29, 1.82) is 0 Å². The molecule has 19 heavy (non-hydrogen) atoms. The van der Waals surface area contributed by atoms with Gasteiger partial charge in [-0.2, -0.15) is 0 Å². The minimum absolute atomic E-state index is 0.0176. The number of allylic oxidation sites excluding steroid dienone is 2. The molecule has 0 unspecified atom stereocenters. The van der Waals surface area contributed by atoms with Crippen molar-refractivity contribution in [1.82, 2.24) is 0 Å². The maximum absolute atomic E-state index is 11.3. The Morgan fingerprint density at radius 2 is 1.53 bits per heavy atom. The fourth-order valence-electron chi connectivity index (χ4n) is 1.87. The molecule has 0 aromatic carbocycles. The zero-order valence-corrected chi connectivity index (χ0v) is 13.0. The molecule has 112 valence electrons. The van der Waals surface area contributed by atoms with Crippen molar-refractivity contribution < 1.29 is 9.53 Å². The summed E-state index contributed by atoms with van der Waals surface area (Å²) in [6.07, 6.45) is 16.8. The molecule has 0 aliphatic carbocycles. The van der Waals surface area contributed by atoms with Gasteiger partial charge in [-0.3, -0.25) is 4.79 Å². The third-order valence-corrected chi connectivity index (χ3v) is 3.13. The lowest BCUT2D eigenvalue weighted by molar-refractivity contribution is -0.143. The van der Waals surface area contributed by atoms with Crippen LogP contribution in [0.1, 0.15) is 84.5 Å². The number of carbonyl (C=O) groups excluding carboxylic acids is 1. The number of carbonyl (C=O) groups is 1. The van der Waals surface area contributed by atoms with E-state index in [4.69, 9.17) is 4.74 Å². The lowest BCUT2D eigenvalue weighted by Crippen LogP contribution is -2.05. The van der Waals surface area contributed by atoms with Gasteiger partial charge in [-0.25, -0.2) is 0 Å². The smallest absolute Gasteiger partial charge is 0.305 e. The maximum Gasteiger partial charge on any atom is 0.305 e. The van der Waals surface area contributed by atoms with E-state index in [-0.39, 0.29) is 5.97 Å². The van der Waals surface area contributed by atoms with Crippen LogP contribution in [0, 0.1) is 0 Å². The Labute approximate surface area is 119 Å². The van der Waals surface area contributed by atoms with Gasteiger partial charge in [0, 0.05) is 6.42 Å². The van der Waals surface area contributed by atoms with Crippen LogP contribution in [0.2, 0.25) is 0 Å². The molecule has 2 heteroatoms. The monoisotopic (exact) mass is 268 g/mol. The molecule has 0 bridgehead atoms. The molecular formula is C17H32O2. The summed E-state index contributed by atoms with van der Waals surface area (Å²) in [6.45, 7) is 4.91. The Morgan fingerprint density at radius 1 is 0.842 bits per heavy atom. The summed E-state index contributed by atoms with van der Waals surface area (Å²) < 4.78 is 5.12. The number of hydrogen-bond donors (Lipinski definition) is 0. The molecule has 0 amide bonds. The summed E-state index contributed by atoms with van der Waals surface area (Å²) in [6, 6.07) is 0. The van der Waals surface area contributed by atoms with E-state index in [1.807, 2.05) is 0 Å². The van der Waals surface area contributed by atoms with Crippen LogP contribution < -0.4 is 0 Å². The van der Waals surface area contributed by atoms with Crippen molar-refractivity contribution in [3.05, 3.63) is 12.2 Å². The first kappa shape index (κ1) is 18.2. The lowest BCUT2D eigenvalue weighted by atomic mass is 10.1. The van der Waals surface area contributed by atoms with Crippen molar-refractivity contribution in [3.8, 4) is 0 Å². The fraction of sp³-hybridized carbons (Fsp3) is 0.824. The van der Waals surface area contributed by atoms with Crippen molar-refractivity contribution in [2.24, 2.45) is 0 Å². The average molecular weight is 268 g/mol. The minimum Gasteiger partial charge on any atom is -0.466 e. The van der Waals surface area contributed by atoms with E-state index in [1.165, 1.54) is 38.5 Å². The highest BCUT2D eigenvalue weighted by Gasteiger charge is 2.01. The minimum atomic E-state index is -0.0176. The molecule has 0 fully saturated rings. The molecule has 0 atom stereocenters. The average Bonchev–Trinajstić information content (AvgIpc) is 2.41. The Hall–Kier alpha value is -0.790. The summed E-state index contributed by atoms with van der Waals surface area (Å²) in [5, 5.41) is 0. The van der Waals surface area contributed by atoms with Gasteiger partial charge in [-0.15, -0.1) is 0 Å². The van der Waals surface area contributed by atoms with Crippen LogP contribution in [0.3, 0.4) is 0 Å². The van der Waals surface area contributed by atoms with Crippen molar-refractivity contribution >= 4 is 5.97 Å². The van der Waals surface area contributed by atoms with Gasteiger partial charge < -0.3 is 4.74 Å². The highest BCUT2D eigenvalue weighted by Crippen LogP contribution is 2.08. The molecule has 0 N–H and O–H groups in total. The second kappa shape index (κ2) is 15.3. The van der Waals surface area contributed by atoms with Gasteiger partial charge >= 0.3 is 5.97 Å². The first-order valence-corrected chi connectivity index (χ1v) is 8.11. The molecule has 0 saturated heterocycles. The molecule has 0 aliphatic heterocycles. The number of ether oxygens (including phenoxy) is 1. The second-order valence-electron chi connectivity index (χ2n) is 5.14. The van der Waals surface area contributed by atoms with Crippen LogP contribution in [0.25, 0.3) is 0 Å². The molecule has 0 spiro atoms. The number of esters is 1. The SMILES string of the molecule is CCC/C=C/CCCCCCCC(=O)OCCCC. The van der Waals surface area contributed by atoms with Crippen molar-refractivity contribution in [3.63, 3.8) is 0 Å². The Balaban J connectivity index is 3.15. The molecule has 0 radical (unpaired) electrons. The van der Waals surface area contributed by atoms with Gasteiger partial charge in [0.2, 0.25) is 0 Å². The summed E-state index contributed by atoms with van der Waals surface area (Å²) >= 11 is 0. The number of hydrogen-bond acceptors (Lipinski definition) is 2. The molecule has 0 aromatic rings. The molecule has 0 aliphatic rings. The van der Waals surface area contributed by atoms with E-state index in [2.05, 4.69) is 26.0 Å². The van der Waals surface area contributed by atoms with Crippen LogP contribution >= 0.6 is 0 Å². The van der Waals surface area contributed by atoms with E-state index in [1.54, 1.807) is 0 Å². The van der Waals surface area contributed by atoms with Gasteiger partial charge in [-0.1, -0.05) is 58.1 Å². The predicted molar refractivity (Wildman–Crippen MR) is 82.2 cm³/mol. The molecule has 0 saturated carbocycles. The molecule has 0 aromatic heterocycles. The Bertz CT molecular complexity index is 221. The van der Waals surface area contributed by atoms with Crippen LogP contribution in [0.15, 0.2) is 12.2 Å². The summed E-state index contributed by atoms with van der Waals surface area (Å²) in [5.41, 5.74) is 0. The number of unbranched alkanes of at least 4 members (excludes halogenated alkanes) is 7. The van der Waals surface area contributed by atoms with E-state index < -0.39 is 0 Å². The standard InChI is InChI=1S/C17H32O2/c1-3-5-7-8-9-10-11-12-13-14-15-17(18)19-16-6-4-2/h7-8H,3-6,9-16H2,1-2H3/b8-7+. The Morgan fingerprint density at radius 3 is 2.26 bits per heavy atom. The fourth-order valence-corrected chi connectivity index (χ4v) is 1.87. The largest absolute Gasteiger partial charge is 0.466 e. The molecular weight excluding hydrogens is 236 g/mol. The first-order chi connectivity index (χ1) is 9.31. The molecule has 0 heterocycles. The normalized spacial score (nSPS) is 11.1. The van der Waals surface area contributed by atoms with Crippen molar-refractivity contribution in [2.75, 3.05) is 6.61 Å². The van der Waals surface area contributed by atoms with E-state index in [0.29, 0.717) is 13.0 Å². The van der Waals surface area contributed by atoms with Crippen LogP contribution in [-0.4, -0.2) is 12.6 Å². The topological polar surface area (TPSA) is 26.3 Å². The van der Waals surface area contributed by atoms with E-state index >= 15 is 0 Å². The van der Waals surface area contributed by atoms with Gasteiger partial charge in [0.1, 0.15) is 0 Å². The van der Waals surface area contributed by atoms with E-state index in [9.17, 15) is 4.79 Å². The van der Waals surface area contributed by atoms with Crippen LogP contribution in [-0.2, 0) is 9.53 Å². The zero-order chi connectivity index (χ0) is 14.2. The van der Waals surface area contributed by atoms with Gasteiger partial charge in [-0.05, 0) is 32.1 Å². The molecule has 0 rings (SSSR count). The third kappa shape index (κ3) is 15.2. The van der Waals surface area contributed by atoms with E-state index in [0.717, 1.165) is 25.7 Å². The highest BCUT2D eigenvalue weighted by atomic mass is 16.5. The van der Waals surface area contributed by atoms with Crippen LogP contribution in [0.5, 0.6) is 0 Å². The lowest BCUT2D eigenvalue weighted by Gasteiger charge is -2.03. The highest BCUT2D eigenvalue weighted by molar-refractivity contribution is 5.69. The van der Waals surface area contributed by atoms with Crippen molar-refractivity contribution in [2.45, 2.75) is 84.5 Å². The van der Waals surface area contributed by atoms with Crippen LogP contribution in [0.4, 0.5) is 0 Å². The summed E-state index contributed by atoms with van der Waals surface area (Å²) in [4.78, 5) is 11.3. The maximum atomic E-state index is 11.3. The predicted octanol–water partition coefficient (Wildman–Crippen LogP) is 5.42. The van der Waals surface area contributed by atoms with Gasteiger partial charge in [0.15, 0.2) is 0 Å². The zero-order valence-electron chi connectivity index (χ0n) is 13.0. The quantitative estimate of drug-likeness (QED) is 0.253. The summed E-state index contributed by atoms with van der Waals surface area (Å²) in [5.74, 6) is -0.0176.